The fourth-order valence-electron chi connectivity index (χ4n) is 1.28. The Morgan fingerprint density at radius 2 is 1.87 bits per heavy atom. The summed E-state index contributed by atoms with van der Waals surface area (Å²) < 4.78 is 0. The normalized spacial score (nSPS) is 9.93. The molecule has 0 spiro atoms. The SMILES string of the molecule is NCc1cc(C(=O)O)ccc1CC(=O)O. The van der Waals surface area contributed by atoms with Crippen LogP contribution in [0.4, 0.5) is 0 Å². The van der Waals surface area contributed by atoms with E-state index in [-0.39, 0.29) is 18.5 Å². The van der Waals surface area contributed by atoms with Gasteiger partial charge in [0.2, 0.25) is 0 Å². The summed E-state index contributed by atoms with van der Waals surface area (Å²) in [5, 5.41) is 17.3. The molecule has 5 heteroatoms. The summed E-state index contributed by atoms with van der Waals surface area (Å²) in [5.41, 5.74) is 6.63. The maximum absolute atomic E-state index is 10.6. The molecule has 15 heavy (non-hydrogen) atoms. The van der Waals surface area contributed by atoms with Gasteiger partial charge in [0, 0.05) is 6.54 Å². The quantitative estimate of drug-likeness (QED) is 0.669. The van der Waals surface area contributed by atoms with Crippen molar-refractivity contribution in [3.05, 3.63) is 34.9 Å². The number of carbonyl (C=O) groups is 2. The van der Waals surface area contributed by atoms with E-state index in [1.54, 1.807) is 0 Å². The minimum Gasteiger partial charge on any atom is -0.481 e. The van der Waals surface area contributed by atoms with E-state index in [0.717, 1.165) is 0 Å². The van der Waals surface area contributed by atoms with Crippen LogP contribution in [0.15, 0.2) is 18.2 Å². The topological polar surface area (TPSA) is 101 Å². The zero-order chi connectivity index (χ0) is 11.4. The van der Waals surface area contributed by atoms with Gasteiger partial charge in [0.05, 0.1) is 12.0 Å². The lowest BCUT2D eigenvalue weighted by atomic mass is 10.0. The summed E-state index contributed by atoms with van der Waals surface area (Å²) in [7, 11) is 0. The zero-order valence-corrected chi connectivity index (χ0v) is 7.93. The van der Waals surface area contributed by atoms with E-state index in [9.17, 15) is 9.59 Å². The highest BCUT2D eigenvalue weighted by Crippen LogP contribution is 2.12. The molecule has 0 bridgehead atoms. The number of benzene rings is 1. The van der Waals surface area contributed by atoms with Gasteiger partial charge in [0.15, 0.2) is 0 Å². The molecular weight excluding hydrogens is 198 g/mol. The van der Waals surface area contributed by atoms with Crippen LogP contribution in [0.25, 0.3) is 0 Å². The molecule has 0 amide bonds. The van der Waals surface area contributed by atoms with Crippen LogP contribution in [0.1, 0.15) is 21.5 Å². The van der Waals surface area contributed by atoms with E-state index >= 15 is 0 Å². The fourth-order valence-corrected chi connectivity index (χ4v) is 1.28. The second kappa shape index (κ2) is 4.56. The zero-order valence-electron chi connectivity index (χ0n) is 7.93. The molecule has 0 saturated heterocycles. The number of hydrogen-bond donors (Lipinski definition) is 3. The van der Waals surface area contributed by atoms with Crippen molar-refractivity contribution in [2.75, 3.05) is 0 Å². The Hall–Kier alpha value is -1.88. The van der Waals surface area contributed by atoms with Crippen LogP contribution < -0.4 is 5.73 Å². The number of rotatable bonds is 4. The summed E-state index contributed by atoms with van der Waals surface area (Å²) in [4.78, 5) is 21.1. The largest absolute Gasteiger partial charge is 0.481 e. The Kier molecular flexibility index (Phi) is 3.41. The van der Waals surface area contributed by atoms with Crippen LogP contribution >= 0.6 is 0 Å². The van der Waals surface area contributed by atoms with Crippen LogP contribution in [0.2, 0.25) is 0 Å². The Labute approximate surface area is 86.1 Å². The van der Waals surface area contributed by atoms with Gasteiger partial charge < -0.3 is 15.9 Å². The van der Waals surface area contributed by atoms with Crippen molar-refractivity contribution in [2.45, 2.75) is 13.0 Å². The third-order valence-electron chi connectivity index (χ3n) is 2.01. The highest BCUT2D eigenvalue weighted by Gasteiger charge is 2.09. The van der Waals surface area contributed by atoms with Gasteiger partial charge in [-0.25, -0.2) is 4.79 Å². The smallest absolute Gasteiger partial charge is 0.335 e. The minimum atomic E-state index is -1.05. The van der Waals surface area contributed by atoms with E-state index in [2.05, 4.69) is 0 Å². The summed E-state index contributed by atoms with van der Waals surface area (Å²) >= 11 is 0. The lowest BCUT2D eigenvalue weighted by Gasteiger charge is -2.06. The second-order valence-electron chi connectivity index (χ2n) is 3.06. The number of aliphatic carboxylic acids is 1. The average molecular weight is 209 g/mol. The van der Waals surface area contributed by atoms with Crippen molar-refractivity contribution in [1.82, 2.24) is 0 Å². The molecule has 1 rings (SSSR count). The lowest BCUT2D eigenvalue weighted by Crippen LogP contribution is -2.09. The molecule has 0 aliphatic heterocycles. The number of nitrogens with two attached hydrogens (primary N) is 1. The Bertz CT molecular complexity index is 400. The van der Waals surface area contributed by atoms with Crippen molar-refractivity contribution in [1.29, 1.82) is 0 Å². The van der Waals surface area contributed by atoms with E-state index < -0.39 is 11.9 Å². The predicted molar refractivity (Wildman–Crippen MR) is 52.6 cm³/mol. The minimum absolute atomic E-state index is 0.115. The molecule has 4 N–H and O–H groups in total. The molecule has 0 fully saturated rings. The molecule has 80 valence electrons. The van der Waals surface area contributed by atoms with Crippen molar-refractivity contribution in [3.63, 3.8) is 0 Å². The van der Waals surface area contributed by atoms with Crippen LogP contribution in [-0.2, 0) is 17.8 Å². The lowest BCUT2D eigenvalue weighted by molar-refractivity contribution is -0.136. The average Bonchev–Trinajstić information content (AvgIpc) is 2.17. The van der Waals surface area contributed by atoms with Gasteiger partial charge in [-0.05, 0) is 23.3 Å². The van der Waals surface area contributed by atoms with E-state index in [1.807, 2.05) is 0 Å². The van der Waals surface area contributed by atoms with Crippen molar-refractivity contribution in [2.24, 2.45) is 5.73 Å². The first kappa shape index (κ1) is 11.2. The maximum atomic E-state index is 10.6. The molecule has 5 nitrogen and oxygen atoms in total. The molecule has 0 heterocycles. The van der Waals surface area contributed by atoms with Gasteiger partial charge in [-0.2, -0.15) is 0 Å². The maximum Gasteiger partial charge on any atom is 0.335 e. The van der Waals surface area contributed by atoms with Gasteiger partial charge in [-0.1, -0.05) is 6.07 Å². The summed E-state index contributed by atoms with van der Waals surface area (Å²) in [6.07, 6.45) is -0.146. The van der Waals surface area contributed by atoms with E-state index in [0.29, 0.717) is 11.1 Å². The van der Waals surface area contributed by atoms with Crippen molar-refractivity contribution >= 4 is 11.9 Å². The van der Waals surface area contributed by atoms with Gasteiger partial charge in [0.1, 0.15) is 0 Å². The third-order valence-corrected chi connectivity index (χ3v) is 2.01. The highest BCUT2D eigenvalue weighted by molar-refractivity contribution is 5.88. The number of carboxylic acid groups (broad SMARTS) is 2. The summed E-state index contributed by atoms with van der Waals surface area (Å²) in [6, 6.07) is 4.26. The third kappa shape index (κ3) is 2.78. The Morgan fingerprint density at radius 3 is 2.33 bits per heavy atom. The first-order chi connectivity index (χ1) is 7.04. The Morgan fingerprint density at radius 1 is 1.20 bits per heavy atom. The van der Waals surface area contributed by atoms with Gasteiger partial charge in [-0.3, -0.25) is 4.79 Å². The molecule has 1 aromatic rings. The van der Waals surface area contributed by atoms with Crippen LogP contribution in [0.5, 0.6) is 0 Å². The summed E-state index contributed by atoms with van der Waals surface area (Å²) in [6.45, 7) is 0.129. The molecule has 0 aliphatic carbocycles. The molecular formula is C10H11NO4. The number of hydrogen-bond acceptors (Lipinski definition) is 3. The monoisotopic (exact) mass is 209 g/mol. The van der Waals surface area contributed by atoms with Crippen LogP contribution in [-0.4, -0.2) is 22.2 Å². The van der Waals surface area contributed by atoms with E-state index in [4.69, 9.17) is 15.9 Å². The standard InChI is InChI=1S/C10H11NO4/c11-5-8-3-7(10(14)15)2-1-6(8)4-9(12)13/h1-3H,4-5,11H2,(H,12,13)(H,14,15). The number of aromatic carboxylic acids is 1. The van der Waals surface area contributed by atoms with Gasteiger partial charge in [-0.15, -0.1) is 0 Å². The van der Waals surface area contributed by atoms with Crippen LogP contribution in [0.3, 0.4) is 0 Å². The molecule has 0 unspecified atom stereocenters. The van der Waals surface area contributed by atoms with Gasteiger partial charge in [0.25, 0.3) is 0 Å². The second-order valence-corrected chi connectivity index (χ2v) is 3.06. The van der Waals surface area contributed by atoms with Crippen LogP contribution in [0, 0.1) is 0 Å². The fraction of sp³-hybridized carbons (Fsp3) is 0.200. The molecule has 0 radical (unpaired) electrons. The van der Waals surface area contributed by atoms with E-state index in [1.165, 1.54) is 18.2 Å². The van der Waals surface area contributed by atoms with Crippen molar-refractivity contribution in [3.8, 4) is 0 Å². The predicted octanol–water partition coefficient (Wildman–Crippen LogP) is 0.471. The molecule has 0 aromatic heterocycles. The highest BCUT2D eigenvalue weighted by atomic mass is 16.4. The number of carboxylic acids is 2. The molecule has 0 saturated carbocycles. The van der Waals surface area contributed by atoms with Gasteiger partial charge >= 0.3 is 11.9 Å². The molecule has 1 aromatic carbocycles. The Balaban J connectivity index is 3.08. The summed E-state index contributed by atoms with van der Waals surface area (Å²) in [5.74, 6) is -2.01. The first-order valence-electron chi connectivity index (χ1n) is 4.31. The molecule has 0 atom stereocenters. The molecule has 0 aliphatic rings. The first-order valence-corrected chi connectivity index (χ1v) is 4.31. The van der Waals surface area contributed by atoms with Crippen molar-refractivity contribution < 1.29 is 19.8 Å².